The van der Waals surface area contributed by atoms with Gasteiger partial charge in [0.2, 0.25) is 0 Å². The van der Waals surface area contributed by atoms with E-state index in [2.05, 4.69) is 6.07 Å². The van der Waals surface area contributed by atoms with Crippen molar-refractivity contribution in [1.82, 2.24) is 0 Å². The van der Waals surface area contributed by atoms with E-state index < -0.39 is 0 Å². The Morgan fingerprint density at radius 1 is 1.45 bits per heavy atom. The van der Waals surface area contributed by atoms with E-state index >= 15 is 0 Å². The molecule has 1 nitrogen and oxygen atoms in total. The van der Waals surface area contributed by atoms with Crippen molar-refractivity contribution in [2.75, 3.05) is 0 Å². The van der Waals surface area contributed by atoms with Gasteiger partial charge in [0.05, 0.1) is 0 Å². The molecule has 1 aromatic rings. The van der Waals surface area contributed by atoms with Gasteiger partial charge in [0, 0.05) is 26.8 Å². The van der Waals surface area contributed by atoms with Gasteiger partial charge in [-0.2, -0.15) is 11.6 Å². The summed E-state index contributed by atoms with van der Waals surface area (Å²) in [6.45, 7) is 1.73. The summed E-state index contributed by atoms with van der Waals surface area (Å²) in [5.74, 6) is 0.0203. The predicted molar refractivity (Wildman–Crippen MR) is 41.7 cm³/mol. The minimum atomic E-state index is 0. The molecule has 0 heterocycles. The summed E-state index contributed by atoms with van der Waals surface area (Å²) in [5, 5.41) is 9.72. The van der Waals surface area contributed by atoms with Gasteiger partial charge in [-0.15, -0.1) is 29.3 Å². The molecule has 0 fully saturated rings. The molecule has 0 spiro atoms. The maximum atomic E-state index is 8.92. The molecule has 1 N–H and O–H groups in total. The maximum absolute atomic E-state index is 8.92. The van der Waals surface area contributed by atoms with Crippen molar-refractivity contribution < 1.29 is 26.2 Å². The van der Waals surface area contributed by atoms with Crippen LogP contribution in [-0.4, -0.2) is 5.11 Å². The Bertz CT molecular complexity index is 240. The fraction of sp³-hybridized carbons (Fsp3) is 0.143. The van der Waals surface area contributed by atoms with Crippen LogP contribution in [0.15, 0.2) is 6.07 Å². The van der Waals surface area contributed by atoms with E-state index in [-0.39, 0.29) is 26.8 Å². The first-order chi connectivity index (χ1) is 4.61. The van der Waals surface area contributed by atoms with Crippen LogP contribution in [0, 0.1) is 13.0 Å². The Kier molecular flexibility index (Phi) is 4.46. The van der Waals surface area contributed by atoms with Gasteiger partial charge in [-0.05, 0) is 10.0 Å². The zero-order chi connectivity index (χ0) is 7.72. The summed E-state index contributed by atoms with van der Waals surface area (Å²) in [6.07, 6.45) is 0. The van der Waals surface area contributed by atoms with Gasteiger partial charge in [-0.25, -0.2) is 0 Å². The molecule has 0 unspecified atom stereocenters. The fourth-order valence-corrected chi connectivity index (χ4v) is 0.992. The predicted octanol–water partition coefficient (Wildman–Crippen LogP) is 2.81. The van der Waals surface area contributed by atoms with Crippen LogP contribution in [0.25, 0.3) is 0 Å². The Labute approximate surface area is 89.6 Å². The van der Waals surface area contributed by atoms with E-state index in [9.17, 15) is 0 Å². The molecule has 1 aromatic carbocycles. The molecule has 0 radical (unpaired) electrons. The molecular formula is C7H5Cl2OW-. The van der Waals surface area contributed by atoms with Gasteiger partial charge in [0.1, 0.15) is 0 Å². The average molecular weight is 360 g/mol. The van der Waals surface area contributed by atoms with E-state index in [1.54, 1.807) is 6.92 Å². The van der Waals surface area contributed by atoms with Gasteiger partial charge in [0.25, 0.3) is 0 Å². The second kappa shape index (κ2) is 4.35. The van der Waals surface area contributed by atoms with Gasteiger partial charge < -0.3 is 5.11 Å². The molecule has 0 bridgehead atoms. The van der Waals surface area contributed by atoms with Crippen molar-refractivity contribution in [3.63, 3.8) is 0 Å². The topological polar surface area (TPSA) is 20.2 Å². The smallest absolute Gasteiger partial charge is 0.00571 e. The number of halogens is 2. The van der Waals surface area contributed by atoms with Crippen molar-refractivity contribution in [2.45, 2.75) is 6.92 Å². The van der Waals surface area contributed by atoms with Crippen LogP contribution in [0.4, 0.5) is 0 Å². The van der Waals surface area contributed by atoms with Crippen LogP contribution in [0.5, 0.6) is 5.75 Å². The van der Waals surface area contributed by atoms with Gasteiger partial charge in [-0.3, -0.25) is 0 Å². The van der Waals surface area contributed by atoms with Crippen molar-refractivity contribution in [1.29, 1.82) is 0 Å². The monoisotopic (exact) mass is 359 g/mol. The molecule has 0 amide bonds. The molecule has 0 saturated heterocycles. The fourth-order valence-electron chi connectivity index (χ4n) is 0.646. The van der Waals surface area contributed by atoms with Crippen molar-refractivity contribution in [3.05, 3.63) is 27.7 Å². The minimum absolute atomic E-state index is 0. The van der Waals surface area contributed by atoms with Crippen LogP contribution in [-0.2, 0) is 21.1 Å². The third kappa shape index (κ3) is 2.66. The zero-order valence-corrected chi connectivity index (χ0v) is 10.1. The number of aryl methyl sites for hydroxylation is 1. The molecule has 0 aromatic heterocycles. The summed E-state index contributed by atoms with van der Waals surface area (Å²) in [6, 6.07) is 3.98. The first-order valence-electron chi connectivity index (χ1n) is 2.68. The maximum Gasteiger partial charge on any atom is 0.00571 e. The normalized spacial score (nSPS) is 9.00. The molecule has 0 aliphatic carbocycles. The molecule has 0 aliphatic rings. The number of phenols is 1. The molecular weight excluding hydrogens is 355 g/mol. The first-order valence-corrected chi connectivity index (χ1v) is 3.43. The molecule has 0 atom stereocenters. The SMILES string of the molecule is Cc1[c-]c(O)cc(Cl)c1Cl.[W]. The van der Waals surface area contributed by atoms with E-state index in [1.807, 2.05) is 0 Å². The number of phenolic OH excluding ortho intramolecular Hbond substituents is 1. The van der Waals surface area contributed by atoms with E-state index in [0.717, 1.165) is 0 Å². The first kappa shape index (κ1) is 11.3. The quantitative estimate of drug-likeness (QED) is 0.706. The summed E-state index contributed by atoms with van der Waals surface area (Å²) in [5.41, 5.74) is 0.659. The van der Waals surface area contributed by atoms with Crippen LogP contribution in [0.1, 0.15) is 5.56 Å². The van der Waals surface area contributed by atoms with Crippen molar-refractivity contribution >= 4 is 23.2 Å². The molecule has 60 valence electrons. The number of hydrogen-bond donors (Lipinski definition) is 1. The van der Waals surface area contributed by atoms with E-state index in [0.29, 0.717) is 15.6 Å². The standard InChI is InChI=1S/C7H5Cl2O.W/c1-4-2-5(10)3-6(8)7(4)9;/h3,10H,1H3;/q-1;. The number of benzene rings is 1. The molecule has 0 aliphatic heterocycles. The molecule has 11 heavy (non-hydrogen) atoms. The van der Waals surface area contributed by atoms with Crippen LogP contribution < -0.4 is 0 Å². The number of rotatable bonds is 0. The van der Waals surface area contributed by atoms with Crippen LogP contribution in [0.3, 0.4) is 0 Å². The van der Waals surface area contributed by atoms with Crippen LogP contribution >= 0.6 is 23.2 Å². The van der Waals surface area contributed by atoms with Gasteiger partial charge in [-0.1, -0.05) is 6.92 Å². The number of aromatic hydroxyl groups is 1. The molecule has 0 saturated carbocycles. The van der Waals surface area contributed by atoms with Crippen molar-refractivity contribution in [2.24, 2.45) is 0 Å². The summed E-state index contributed by atoms with van der Waals surface area (Å²) < 4.78 is 0. The Balaban J connectivity index is 0.000001000. The van der Waals surface area contributed by atoms with E-state index in [1.165, 1.54) is 6.07 Å². The zero-order valence-electron chi connectivity index (χ0n) is 5.69. The largest absolute Gasteiger partial charge is 0.534 e. The van der Waals surface area contributed by atoms with E-state index in [4.69, 9.17) is 28.3 Å². The summed E-state index contributed by atoms with van der Waals surface area (Å²) in [4.78, 5) is 0. The molecule has 1 rings (SSSR count). The van der Waals surface area contributed by atoms with Crippen molar-refractivity contribution in [3.8, 4) is 5.75 Å². The third-order valence-corrected chi connectivity index (χ3v) is 2.00. The summed E-state index contributed by atoms with van der Waals surface area (Å²) >= 11 is 11.3. The second-order valence-corrected chi connectivity index (χ2v) is 2.73. The van der Waals surface area contributed by atoms with Crippen LogP contribution in [0.2, 0.25) is 10.0 Å². The molecule has 4 heteroatoms. The Hall–Kier alpha value is 0.288. The minimum Gasteiger partial charge on any atom is -0.534 e. The Morgan fingerprint density at radius 3 is 2.45 bits per heavy atom. The number of hydrogen-bond acceptors (Lipinski definition) is 1. The third-order valence-electron chi connectivity index (χ3n) is 1.12. The second-order valence-electron chi connectivity index (χ2n) is 1.94. The van der Waals surface area contributed by atoms with Gasteiger partial charge in [0.15, 0.2) is 0 Å². The Morgan fingerprint density at radius 2 is 2.00 bits per heavy atom. The summed E-state index contributed by atoms with van der Waals surface area (Å²) in [7, 11) is 0. The van der Waals surface area contributed by atoms with Gasteiger partial charge >= 0.3 is 0 Å². The average Bonchev–Trinajstić information content (AvgIpc) is 1.82.